The molecule has 134 valence electrons. The largest absolute Gasteiger partial charge is 0.325 e. The molecule has 2 heterocycles. The molecule has 0 aromatic carbocycles. The Balaban J connectivity index is 2.01. The normalized spacial score (nSPS) is 23.6. The Morgan fingerprint density at radius 3 is 2.13 bits per heavy atom. The molecule has 0 bridgehead atoms. The fourth-order valence-corrected chi connectivity index (χ4v) is 3.88. The van der Waals surface area contributed by atoms with Gasteiger partial charge in [-0.25, -0.2) is 4.79 Å². The second-order valence-corrected chi connectivity index (χ2v) is 8.28. The molecular weight excluding hydrogens is 288 g/mol. The minimum absolute atomic E-state index is 0.192. The van der Waals surface area contributed by atoms with Gasteiger partial charge < -0.3 is 14.7 Å². The van der Waals surface area contributed by atoms with Crippen LogP contribution in [0, 0.1) is 5.41 Å². The van der Waals surface area contributed by atoms with E-state index in [1.54, 1.807) is 0 Å². The van der Waals surface area contributed by atoms with E-state index in [1.165, 1.54) is 6.54 Å². The zero-order valence-electron chi connectivity index (χ0n) is 16.0. The first-order valence-electron chi connectivity index (χ1n) is 9.18. The average Bonchev–Trinajstić information content (AvgIpc) is 2.65. The average molecular weight is 325 g/mol. The summed E-state index contributed by atoms with van der Waals surface area (Å²) < 4.78 is 0. The Morgan fingerprint density at radius 1 is 1.00 bits per heavy atom. The first-order chi connectivity index (χ1) is 10.7. The minimum atomic E-state index is 0.192. The van der Waals surface area contributed by atoms with Gasteiger partial charge in [-0.3, -0.25) is 4.90 Å². The van der Waals surface area contributed by atoms with Crippen molar-refractivity contribution < 1.29 is 4.79 Å². The van der Waals surface area contributed by atoms with Gasteiger partial charge in [0.2, 0.25) is 0 Å². The van der Waals surface area contributed by atoms with Crippen LogP contribution < -0.4 is 0 Å². The lowest BCUT2D eigenvalue weighted by Crippen LogP contribution is -2.53. The summed E-state index contributed by atoms with van der Waals surface area (Å²) in [5.74, 6) is 0. The molecule has 0 unspecified atom stereocenters. The maximum Gasteiger partial charge on any atom is 0.319 e. The van der Waals surface area contributed by atoms with Crippen LogP contribution >= 0.6 is 0 Å². The molecule has 0 aromatic rings. The van der Waals surface area contributed by atoms with Crippen molar-refractivity contribution in [3.05, 3.63) is 0 Å². The van der Waals surface area contributed by atoms with Crippen LogP contribution in [0.3, 0.4) is 0 Å². The highest BCUT2D eigenvalue weighted by atomic mass is 16.2. The number of hydrogen-bond donors (Lipinski definition) is 0. The lowest BCUT2D eigenvalue weighted by Gasteiger charge is -2.45. The summed E-state index contributed by atoms with van der Waals surface area (Å²) in [6, 6.07) is 1.06. The van der Waals surface area contributed by atoms with Gasteiger partial charge in [0.05, 0.1) is 0 Å². The van der Waals surface area contributed by atoms with Gasteiger partial charge in [-0.2, -0.15) is 0 Å². The summed E-state index contributed by atoms with van der Waals surface area (Å²) in [6.45, 7) is 15.2. The van der Waals surface area contributed by atoms with Crippen LogP contribution in [-0.2, 0) is 0 Å². The van der Waals surface area contributed by atoms with E-state index in [4.69, 9.17) is 0 Å². The summed E-state index contributed by atoms with van der Waals surface area (Å²) in [4.78, 5) is 21.6. The van der Waals surface area contributed by atoms with E-state index in [0.717, 1.165) is 45.6 Å². The maximum absolute atomic E-state index is 12.5. The number of rotatable bonds is 2. The van der Waals surface area contributed by atoms with Crippen molar-refractivity contribution in [3.63, 3.8) is 0 Å². The first-order valence-corrected chi connectivity index (χ1v) is 9.18. The fraction of sp³-hybridized carbons (Fsp3) is 0.944. The molecule has 0 aliphatic carbocycles. The van der Waals surface area contributed by atoms with E-state index in [2.05, 4.69) is 49.4 Å². The SMILES string of the molecule is CC(C)N1CCN(C)CC2(CCN(C(=O)N(C)C(C)C)CC2)C1. The van der Waals surface area contributed by atoms with Crippen LogP contribution in [-0.4, -0.2) is 91.1 Å². The van der Waals surface area contributed by atoms with E-state index in [-0.39, 0.29) is 12.1 Å². The Bertz CT molecular complexity index is 402. The van der Waals surface area contributed by atoms with Crippen LogP contribution in [0.5, 0.6) is 0 Å². The number of carbonyl (C=O) groups is 1. The van der Waals surface area contributed by atoms with Crippen molar-refractivity contribution in [1.82, 2.24) is 19.6 Å². The predicted molar refractivity (Wildman–Crippen MR) is 95.7 cm³/mol. The lowest BCUT2D eigenvalue weighted by atomic mass is 9.77. The zero-order valence-corrected chi connectivity index (χ0v) is 16.0. The summed E-state index contributed by atoms with van der Waals surface area (Å²) in [5.41, 5.74) is 0.350. The first kappa shape index (κ1) is 18.5. The summed E-state index contributed by atoms with van der Waals surface area (Å²) in [5, 5.41) is 0. The molecule has 2 saturated heterocycles. The van der Waals surface area contributed by atoms with Gasteiger partial charge in [-0.1, -0.05) is 0 Å². The highest BCUT2D eigenvalue weighted by Crippen LogP contribution is 2.35. The minimum Gasteiger partial charge on any atom is -0.325 e. The Labute approximate surface area is 142 Å². The molecule has 2 rings (SSSR count). The van der Waals surface area contributed by atoms with Gasteiger partial charge in [0.15, 0.2) is 0 Å². The quantitative estimate of drug-likeness (QED) is 0.780. The number of hydrogen-bond acceptors (Lipinski definition) is 3. The smallest absolute Gasteiger partial charge is 0.319 e. The van der Waals surface area contributed by atoms with Gasteiger partial charge in [0, 0.05) is 58.4 Å². The van der Waals surface area contributed by atoms with Crippen molar-refractivity contribution in [2.45, 2.75) is 52.6 Å². The monoisotopic (exact) mass is 324 g/mol. The third kappa shape index (κ3) is 4.38. The van der Waals surface area contributed by atoms with Gasteiger partial charge in [-0.05, 0) is 53.0 Å². The van der Waals surface area contributed by atoms with Gasteiger partial charge >= 0.3 is 6.03 Å². The van der Waals surface area contributed by atoms with Crippen LogP contribution in [0.1, 0.15) is 40.5 Å². The third-order valence-corrected chi connectivity index (χ3v) is 5.81. The molecule has 2 fully saturated rings. The molecule has 2 amide bonds. The van der Waals surface area contributed by atoms with Crippen LogP contribution in [0.4, 0.5) is 4.79 Å². The standard InChI is InChI=1S/C18H36N4O/c1-15(2)20(6)17(23)21-9-7-18(8-10-21)13-19(5)11-12-22(14-18)16(3)4/h15-16H,7-14H2,1-6H3. The highest BCUT2D eigenvalue weighted by Gasteiger charge is 2.40. The number of nitrogens with zero attached hydrogens (tertiary/aromatic N) is 4. The molecule has 23 heavy (non-hydrogen) atoms. The molecule has 5 nitrogen and oxygen atoms in total. The summed E-state index contributed by atoms with van der Waals surface area (Å²) in [7, 11) is 4.16. The van der Waals surface area contributed by atoms with Crippen LogP contribution in [0.25, 0.3) is 0 Å². The van der Waals surface area contributed by atoms with Crippen LogP contribution in [0.15, 0.2) is 0 Å². The second kappa shape index (κ2) is 7.39. The Morgan fingerprint density at radius 2 is 1.61 bits per heavy atom. The third-order valence-electron chi connectivity index (χ3n) is 5.81. The zero-order chi connectivity index (χ0) is 17.2. The van der Waals surface area contributed by atoms with Crippen molar-refractivity contribution in [1.29, 1.82) is 0 Å². The van der Waals surface area contributed by atoms with Crippen molar-refractivity contribution in [2.75, 3.05) is 53.4 Å². The highest BCUT2D eigenvalue weighted by molar-refractivity contribution is 5.74. The van der Waals surface area contributed by atoms with E-state index >= 15 is 0 Å². The fourth-order valence-electron chi connectivity index (χ4n) is 3.88. The molecule has 0 radical (unpaired) electrons. The van der Waals surface area contributed by atoms with Crippen molar-refractivity contribution >= 4 is 6.03 Å². The van der Waals surface area contributed by atoms with Crippen molar-refractivity contribution in [2.24, 2.45) is 5.41 Å². The topological polar surface area (TPSA) is 30.0 Å². The van der Waals surface area contributed by atoms with Crippen molar-refractivity contribution in [3.8, 4) is 0 Å². The number of carbonyl (C=O) groups excluding carboxylic acids is 1. The summed E-state index contributed by atoms with van der Waals surface area (Å²) in [6.07, 6.45) is 2.25. The van der Waals surface area contributed by atoms with E-state index in [9.17, 15) is 4.79 Å². The van der Waals surface area contributed by atoms with Gasteiger partial charge in [0.1, 0.15) is 0 Å². The molecule has 2 aliphatic rings. The van der Waals surface area contributed by atoms with Gasteiger partial charge in [-0.15, -0.1) is 0 Å². The van der Waals surface area contributed by atoms with Crippen LogP contribution in [0.2, 0.25) is 0 Å². The number of piperidine rings is 1. The number of urea groups is 1. The lowest BCUT2D eigenvalue weighted by molar-refractivity contribution is 0.0559. The number of amides is 2. The maximum atomic E-state index is 12.5. The van der Waals surface area contributed by atoms with E-state index in [1.807, 2.05) is 11.9 Å². The van der Waals surface area contributed by atoms with E-state index < -0.39 is 0 Å². The molecular formula is C18H36N4O. The Kier molecular flexibility index (Phi) is 5.95. The number of likely N-dealkylation sites (N-methyl/N-ethyl adjacent to an activating group) is 1. The molecule has 1 spiro atoms. The molecule has 0 aromatic heterocycles. The summed E-state index contributed by atoms with van der Waals surface area (Å²) >= 11 is 0. The molecule has 0 atom stereocenters. The molecule has 0 saturated carbocycles. The Hall–Kier alpha value is -0.810. The molecule has 5 heteroatoms. The predicted octanol–water partition coefficient (Wildman–Crippen LogP) is 2.18. The second-order valence-electron chi connectivity index (χ2n) is 8.28. The van der Waals surface area contributed by atoms with Gasteiger partial charge in [0.25, 0.3) is 0 Å². The molecule has 2 aliphatic heterocycles. The van der Waals surface area contributed by atoms with E-state index in [0.29, 0.717) is 11.5 Å². The molecule has 0 N–H and O–H groups in total. The number of likely N-dealkylation sites (tertiary alicyclic amines) is 1.